The molecular formula is C19H35N. The lowest BCUT2D eigenvalue weighted by Crippen LogP contribution is -2.37. The highest BCUT2D eigenvalue weighted by molar-refractivity contribution is 4.89. The minimum absolute atomic E-state index is 0.607. The monoisotopic (exact) mass is 277 g/mol. The molecule has 1 heteroatoms. The quantitative estimate of drug-likeness (QED) is 0.732. The first-order chi connectivity index (χ1) is 9.62. The van der Waals surface area contributed by atoms with E-state index < -0.39 is 0 Å². The zero-order valence-electron chi connectivity index (χ0n) is 13.8. The number of rotatable bonds is 5. The van der Waals surface area contributed by atoms with Crippen LogP contribution in [0.1, 0.15) is 84.5 Å². The van der Waals surface area contributed by atoms with E-state index in [0.717, 1.165) is 23.8 Å². The van der Waals surface area contributed by atoms with Gasteiger partial charge in [0.15, 0.2) is 0 Å². The largest absolute Gasteiger partial charge is 0.314 e. The topological polar surface area (TPSA) is 12.0 Å². The van der Waals surface area contributed by atoms with Crippen LogP contribution in [0.15, 0.2) is 0 Å². The predicted octanol–water partition coefficient (Wildman–Crippen LogP) is 5.15. The maximum atomic E-state index is 3.82. The van der Waals surface area contributed by atoms with Crippen LogP contribution in [0.25, 0.3) is 0 Å². The van der Waals surface area contributed by atoms with Crippen LogP contribution in [0.5, 0.6) is 0 Å². The fourth-order valence-corrected chi connectivity index (χ4v) is 4.79. The molecule has 3 saturated carbocycles. The van der Waals surface area contributed by atoms with Gasteiger partial charge in [0.2, 0.25) is 0 Å². The third kappa shape index (κ3) is 4.23. The Morgan fingerprint density at radius 3 is 2.35 bits per heavy atom. The molecule has 20 heavy (non-hydrogen) atoms. The third-order valence-electron chi connectivity index (χ3n) is 6.28. The number of hydrogen-bond acceptors (Lipinski definition) is 1. The van der Waals surface area contributed by atoms with Crippen molar-refractivity contribution in [1.29, 1.82) is 0 Å². The van der Waals surface area contributed by atoms with Gasteiger partial charge in [0.05, 0.1) is 0 Å². The SMILES string of the molecule is CC1(C)CCC(CNC2CC2)C(CC2CCCCC2)C1. The zero-order chi connectivity index (χ0) is 14.0. The van der Waals surface area contributed by atoms with Gasteiger partial charge in [-0.25, -0.2) is 0 Å². The van der Waals surface area contributed by atoms with Crippen LogP contribution < -0.4 is 5.32 Å². The second-order valence-electron chi connectivity index (χ2n) is 8.85. The molecule has 0 amide bonds. The molecule has 1 nitrogen and oxygen atoms in total. The molecule has 0 heterocycles. The molecule has 0 saturated heterocycles. The summed E-state index contributed by atoms with van der Waals surface area (Å²) in [6.07, 6.45) is 16.4. The van der Waals surface area contributed by atoms with Crippen molar-refractivity contribution in [2.75, 3.05) is 6.54 Å². The Balaban J connectivity index is 1.54. The van der Waals surface area contributed by atoms with Crippen LogP contribution >= 0.6 is 0 Å². The van der Waals surface area contributed by atoms with Crippen molar-refractivity contribution in [1.82, 2.24) is 5.32 Å². The Morgan fingerprint density at radius 2 is 1.65 bits per heavy atom. The zero-order valence-corrected chi connectivity index (χ0v) is 13.8. The minimum Gasteiger partial charge on any atom is -0.314 e. The smallest absolute Gasteiger partial charge is 0.00683 e. The summed E-state index contributed by atoms with van der Waals surface area (Å²) in [6.45, 7) is 6.33. The van der Waals surface area contributed by atoms with Gasteiger partial charge in [-0.15, -0.1) is 0 Å². The molecule has 0 radical (unpaired) electrons. The van der Waals surface area contributed by atoms with Gasteiger partial charge in [-0.1, -0.05) is 46.0 Å². The first-order valence-electron chi connectivity index (χ1n) is 9.36. The van der Waals surface area contributed by atoms with E-state index in [9.17, 15) is 0 Å². The van der Waals surface area contributed by atoms with Crippen LogP contribution in [0.3, 0.4) is 0 Å². The van der Waals surface area contributed by atoms with Crippen molar-refractivity contribution in [2.24, 2.45) is 23.2 Å². The normalized spacial score (nSPS) is 35.1. The van der Waals surface area contributed by atoms with Gasteiger partial charge in [0.1, 0.15) is 0 Å². The van der Waals surface area contributed by atoms with Crippen LogP contribution in [-0.2, 0) is 0 Å². The summed E-state index contributed by atoms with van der Waals surface area (Å²) in [5.41, 5.74) is 0.607. The molecular weight excluding hydrogens is 242 g/mol. The van der Waals surface area contributed by atoms with Crippen LogP contribution in [0, 0.1) is 23.2 Å². The molecule has 3 aliphatic rings. The molecule has 2 unspecified atom stereocenters. The second-order valence-corrected chi connectivity index (χ2v) is 8.85. The molecule has 3 aliphatic carbocycles. The summed E-state index contributed by atoms with van der Waals surface area (Å²) < 4.78 is 0. The summed E-state index contributed by atoms with van der Waals surface area (Å²) in [7, 11) is 0. The standard InChI is InChI=1S/C19H35N/c1-19(2)11-10-16(14-20-18-8-9-18)17(13-19)12-15-6-4-3-5-7-15/h15-18,20H,3-14H2,1-2H3. The highest BCUT2D eigenvalue weighted by Gasteiger charge is 2.36. The average molecular weight is 277 g/mol. The third-order valence-corrected chi connectivity index (χ3v) is 6.28. The van der Waals surface area contributed by atoms with Crippen LogP contribution in [0.4, 0.5) is 0 Å². The Labute approximate surface area is 126 Å². The van der Waals surface area contributed by atoms with Crippen LogP contribution in [-0.4, -0.2) is 12.6 Å². The highest BCUT2D eigenvalue weighted by Crippen LogP contribution is 2.45. The van der Waals surface area contributed by atoms with E-state index in [1.54, 1.807) is 6.42 Å². The maximum absolute atomic E-state index is 3.82. The second kappa shape index (κ2) is 6.38. The number of hydrogen-bond donors (Lipinski definition) is 1. The summed E-state index contributed by atoms with van der Waals surface area (Å²) in [5, 5.41) is 3.82. The molecule has 0 aromatic heterocycles. The maximum Gasteiger partial charge on any atom is 0.00683 e. The predicted molar refractivity (Wildman–Crippen MR) is 86.8 cm³/mol. The lowest BCUT2D eigenvalue weighted by atomic mass is 9.64. The van der Waals surface area contributed by atoms with E-state index in [1.807, 2.05) is 0 Å². The molecule has 0 aromatic rings. The molecule has 0 bridgehead atoms. The summed E-state index contributed by atoms with van der Waals surface area (Å²) in [6, 6.07) is 0.889. The molecule has 2 atom stereocenters. The molecule has 0 spiro atoms. The van der Waals surface area contributed by atoms with Crippen molar-refractivity contribution in [3.8, 4) is 0 Å². The summed E-state index contributed by atoms with van der Waals surface area (Å²) in [4.78, 5) is 0. The van der Waals surface area contributed by atoms with E-state index in [4.69, 9.17) is 0 Å². The summed E-state index contributed by atoms with van der Waals surface area (Å²) in [5.74, 6) is 3.05. The average Bonchev–Trinajstić information content (AvgIpc) is 3.22. The first-order valence-corrected chi connectivity index (χ1v) is 9.36. The molecule has 1 N–H and O–H groups in total. The molecule has 116 valence electrons. The van der Waals surface area contributed by atoms with Crippen molar-refractivity contribution >= 4 is 0 Å². The van der Waals surface area contributed by atoms with Gasteiger partial charge in [0, 0.05) is 6.04 Å². The molecule has 0 aliphatic heterocycles. The van der Waals surface area contributed by atoms with Gasteiger partial charge >= 0.3 is 0 Å². The fourth-order valence-electron chi connectivity index (χ4n) is 4.79. The Morgan fingerprint density at radius 1 is 0.900 bits per heavy atom. The van der Waals surface area contributed by atoms with E-state index in [-0.39, 0.29) is 0 Å². The minimum atomic E-state index is 0.607. The first kappa shape index (κ1) is 14.9. The van der Waals surface area contributed by atoms with Crippen molar-refractivity contribution < 1.29 is 0 Å². The molecule has 3 fully saturated rings. The van der Waals surface area contributed by atoms with Gasteiger partial charge in [-0.3, -0.25) is 0 Å². The van der Waals surface area contributed by atoms with E-state index in [2.05, 4.69) is 19.2 Å². The lowest BCUT2D eigenvalue weighted by molar-refractivity contribution is 0.0903. The molecule has 0 aromatic carbocycles. The van der Waals surface area contributed by atoms with Gasteiger partial charge in [-0.2, -0.15) is 0 Å². The number of nitrogens with one attached hydrogen (secondary N) is 1. The van der Waals surface area contributed by atoms with E-state index >= 15 is 0 Å². The Bertz CT molecular complexity index is 297. The molecule has 3 rings (SSSR count). The van der Waals surface area contributed by atoms with E-state index in [0.29, 0.717) is 5.41 Å². The van der Waals surface area contributed by atoms with Crippen molar-refractivity contribution in [3.05, 3.63) is 0 Å². The van der Waals surface area contributed by atoms with Gasteiger partial charge in [-0.05, 0) is 68.2 Å². The highest BCUT2D eigenvalue weighted by atomic mass is 14.9. The fraction of sp³-hybridized carbons (Fsp3) is 1.00. The van der Waals surface area contributed by atoms with Crippen LogP contribution in [0.2, 0.25) is 0 Å². The Kier molecular flexibility index (Phi) is 4.75. The summed E-state index contributed by atoms with van der Waals surface area (Å²) >= 11 is 0. The van der Waals surface area contributed by atoms with E-state index in [1.165, 1.54) is 70.8 Å². The van der Waals surface area contributed by atoms with Gasteiger partial charge < -0.3 is 5.32 Å². The van der Waals surface area contributed by atoms with Gasteiger partial charge in [0.25, 0.3) is 0 Å². The van der Waals surface area contributed by atoms with Crippen molar-refractivity contribution in [2.45, 2.75) is 90.5 Å². The lowest BCUT2D eigenvalue weighted by Gasteiger charge is -2.43. The van der Waals surface area contributed by atoms with Crippen molar-refractivity contribution in [3.63, 3.8) is 0 Å². The Hall–Kier alpha value is -0.0400.